The van der Waals surface area contributed by atoms with Crippen LogP contribution >= 0.6 is 0 Å². The molecule has 1 aliphatic heterocycles. The second-order valence-corrected chi connectivity index (χ2v) is 3.74. The van der Waals surface area contributed by atoms with Crippen LogP contribution in [0.25, 0.3) is 0 Å². The van der Waals surface area contributed by atoms with E-state index in [1.165, 1.54) is 32.4 Å². The predicted molar refractivity (Wildman–Crippen MR) is 53.6 cm³/mol. The predicted octanol–water partition coefficient (Wildman–Crippen LogP) is 0.998. The highest BCUT2D eigenvalue weighted by Gasteiger charge is 2.08. The van der Waals surface area contributed by atoms with Crippen molar-refractivity contribution in [3.63, 3.8) is 0 Å². The molecule has 3 heteroatoms. The quantitative estimate of drug-likeness (QED) is 0.661. The molecule has 0 unspecified atom stereocenters. The van der Waals surface area contributed by atoms with Gasteiger partial charge in [0.25, 0.3) is 0 Å². The summed E-state index contributed by atoms with van der Waals surface area (Å²) in [6.45, 7) is 6.03. The molecule has 1 saturated heterocycles. The van der Waals surface area contributed by atoms with Crippen LogP contribution in [0.2, 0.25) is 0 Å². The molecule has 1 rings (SSSR count). The minimum Gasteiger partial charge on any atom is -0.356 e. The zero-order chi connectivity index (χ0) is 9.52. The topological polar surface area (TPSA) is 32.3 Å². The van der Waals surface area contributed by atoms with Crippen molar-refractivity contribution < 1.29 is 4.79 Å². The summed E-state index contributed by atoms with van der Waals surface area (Å²) in [5.41, 5.74) is 0. The molecule has 1 amide bonds. The summed E-state index contributed by atoms with van der Waals surface area (Å²) in [6, 6.07) is 0. The van der Waals surface area contributed by atoms with Crippen molar-refractivity contribution in [2.24, 2.45) is 0 Å². The Balaban J connectivity index is 1.95. The summed E-state index contributed by atoms with van der Waals surface area (Å²) in [5, 5.41) is 2.82. The van der Waals surface area contributed by atoms with E-state index in [-0.39, 0.29) is 5.91 Å². The van der Waals surface area contributed by atoms with Crippen LogP contribution < -0.4 is 5.32 Å². The second-order valence-electron chi connectivity index (χ2n) is 3.74. The van der Waals surface area contributed by atoms with Gasteiger partial charge in [0.2, 0.25) is 5.91 Å². The van der Waals surface area contributed by atoms with E-state index >= 15 is 0 Å². The maximum absolute atomic E-state index is 10.6. The SMILES string of the molecule is CC(=O)NCCCN1CCCCC1. The van der Waals surface area contributed by atoms with Gasteiger partial charge < -0.3 is 10.2 Å². The lowest BCUT2D eigenvalue weighted by Crippen LogP contribution is -2.32. The van der Waals surface area contributed by atoms with E-state index in [1.807, 2.05) is 0 Å². The molecule has 0 aromatic heterocycles. The number of hydrogen-bond acceptors (Lipinski definition) is 2. The monoisotopic (exact) mass is 184 g/mol. The standard InChI is InChI=1S/C10H20N2O/c1-10(13)11-6-5-9-12-7-3-2-4-8-12/h2-9H2,1H3,(H,11,13). The molecule has 0 bridgehead atoms. The number of nitrogens with one attached hydrogen (secondary N) is 1. The number of amides is 1. The Morgan fingerprint density at radius 1 is 1.31 bits per heavy atom. The second kappa shape index (κ2) is 5.97. The van der Waals surface area contributed by atoms with Gasteiger partial charge in [-0.05, 0) is 38.9 Å². The van der Waals surface area contributed by atoms with Crippen LogP contribution in [0.15, 0.2) is 0 Å². The molecule has 0 spiro atoms. The Kier molecular flexibility index (Phi) is 4.83. The molecule has 1 fully saturated rings. The number of carbonyl (C=O) groups excluding carboxylic acids is 1. The summed E-state index contributed by atoms with van der Waals surface area (Å²) in [4.78, 5) is 13.1. The Morgan fingerprint density at radius 2 is 2.00 bits per heavy atom. The molecule has 0 radical (unpaired) electrons. The number of hydrogen-bond donors (Lipinski definition) is 1. The molecule has 0 aliphatic carbocycles. The molecule has 1 N–H and O–H groups in total. The highest BCUT2D eigenvalue weighted by molar-refractivity contribution is 5.72. The maximum atomic E-state index is 10.6. The average Bonchev–Trinajstić information content (AvgIpc) is 2.14. The summed E-state index contributed by atoms with van der Waals surface area (Å²) >= 11 is 0. The van der Waals surface area contributed by atoms with E-state index in [4.69, 9.17) is 0 Å². The summed E-state index contributed by atoms with van der Waals surface area (Å²) in [6.07, 6.45) is 5.17. The van der Waals surface area contributed by atoms with E-state index in [9.17, 15) is 4.79 Å². The first-order valence-electron chi connectivity index (χ1n) is 5.26. The molecule has 3 nitrogen and oxygen atoms in total. The fraction of sp³-hybridized carbons (Fsp3) is 0.900. The van der Waals surface area contributed by atoms with Crippen LogP contribution in [0.1, 0.15) is 32.6 Å². The molecule has 0 atom stereocenters. The Labute approximate surface area is 80.5 Å². The van der Waals surface area contributed by atoms with E-state index in [0.717, 1.165) is 19.5 Å². The lowest BCUT2D eigenvalue weighted by atomic mass is 10.1. The van der Waals surface area contributed by atoms with Crippen LogP contribution in [0.4, 0.5) is 0 Å². The van der Waals surface area contributed by atoms with Crippen LogP contribution in [-0.2, 0) is 4.79 Å². The van der Waals surface area contributed by atoms with E-state index in [2.05, 4.69) is 10.2 Å². The third-order valence-corrected chi connectivity index (χ3v) is 2.47. The van der Waals surface area contributed by atoms with Gasteiger partial charge >= 0.3 is 0 Å². The van der Waals surface area contributed by atoms with Gasteiger partial charge in [-0.15, -0.1) is 0 Å². The minimum atomic E-state index is 0.0821. The van der Waals surface area contributed by atoms with Crippen molar-refractivity contribution in [2.45, 2.75) is 32.6 Å². The largest absolute Gasteiger partial charge is 0.356 e. The van der Waals surface area contributed by atoms with Crippen molar-refractivity contribution in [2.75, 3.05) is 26.2 Å². The molecule has 1 aliphatic rings. The third-order valence-electron chi connectivity index (χ3n) is 2.47. The fourth-order valence-corrected chi connectivity index (χ4v) is 1.75. The number of nitrogens with zero attached hydrogens (tertiary/aromatic N) is 1. The van der Waals surface area contributed by atoms with Crippen LogP contribution in [-0.4, -0.2) is 37.0 Å². The smallest absolute Gasteiger partial charge is 0.216 e. The van der Waals surface area contributed by atoms with Crippen LogP contribution in [0, 0.1) is 0 Å². The summed E-state index contributed by atoms with van der Waals surface area (Å²) in [5.74, 6) is 0.0821. The van der Waals surface area contributed by atoms with Crippen molar-refractivity contribution in [3.8, 4) is 0 Å². The molecular weight excluding hydrogens is 164 g/mol. The zero-order valence-corrected chi connectivity index (χ0v) is 8.51. The van der Waals surface area contributed by atoms with Gasteiger partial charge in [0.1, 0.15) is 0 Å². The normalized spacial score (nSPS) is 18.5. The lowest BCUT2D eigenvalue weighted by Gasteiger charge is -2.26. The van der Waals surface area contributed by atoms with Crippen LogP contribution in [0.5, 0.6) is 0 Å². The molecular formula is C10H20N2O. The third kappa shape index (κ3) is 4.88. The molecule has 0 aromatic carbocycles. The first-order chi connectivity index (χ1) is 6.29. The molecule has 1 heterocycles. The number of rotatable bonds is 4. The van der Waals surface area contributed by atoms with Crippen LogP contribution in [0.3, 0.4) is 0 Å². The van der Waals surface area contributed by atoms with Gasteiger partial charge in [0, 0.05) is 13.5 Å². The first-order valence-corrected chi connectivity index (χ1v) is 5.26. The first kappa shape index (κ1) is 10.5. The highest BCUT2D eigenvalue weighted by Crippen LogP contribution is 2.08. The minimum absolute atomic E-state index is 0.0821. The van der Waals surface area contributed by atoms with Gasteiger partial charge in [-0.25, -0.2) is 0 Å². The molecule has 13 heavy (non-hydrogen) atoms. The molecule has 0 saturated carbocycles. The number of likely N-dealkylation sites (tertiary alicyclic amines) is 1. The van der Waals surface area contributed by atoms with Crippen molar-refractivity contribution in [3.05, 3.63) is 0 Å². The summed E-state index contributed by atoms with van der Waals surface area (Å²) in [7, 11) is 0. The van der Waals surface area contributed by atoms with Crippen molar-refractivity contribution in [1.82, 2.24) is 10.2 Å². The molecule has 0 aromatic rings. The van der Waals surface area contributed by atoms with E-state index in [1.54, 1.807) is 6.92 Å². The van der Waals surface area contributed by atoms with Gasteiger partial charge in [-0.1, -0.05) is 6.42 Å². The van der Waals surface area contributed by atoms with E-state index < -0.39 is 0 Å². The van der Waals surface area contributed by atoms with Gasteiger partial charge in [-0.2, -0.15) is 0 Å². The lowest BCUT2D eigenvalue weighted by molar-refractivity contribution is -0.118. The zero-order valence-electron chi connectivity index (χ0n) is 8.51. The highest BCUT2D eigenvalue weighted by atomic mass is 16.1. The fourth-order valence-electron chi connectivity index (χ4n) is 1.75. The van der Waals surface area contributed by atoms with Crippen molar-refractivity contribution in [1.29, 1.82) is 0 Å². The van der Waals surface area contributed by atoms with Gasteiger partial charge in [0.15, 0.2) is 0 Å². The number of carbonyl (C=O) groups is 1. The summed E-state index contributed by atoms with van der Waals surface area (Å²) < 4.78 is 0. The van der Waals surface area contributed by atoms with Gasteiger partial charge in [0.05, 0.1) is 0 Å². The van der Waals surface area contributed by atoms with Gasteiger partial charge in [-0.3, -0.25) is 4.79 Å². The number of piperidine rings is 1. The van der Waals surface area contributed by atoms with E-state index in [0.29, 0.717) is 0 Å². The van der Waals surface area contributed by atoms with Crippen molar-refractivity contribution >= 4 is 5.91 Å². The average molecular weight is 184 g/mol. The molecule has 76 valence electrons. The Hall–Kier alpha value is -0.570. The Bertz CT molecular complexity index is 153. The Morgan fingerprint density at radius 3 is 2.62 bits per heavy atom. The maximum Gasteiger partial charge on any atom is 0.216 e.